The number of nitrogens with zero attached hydrogens (tertiary/aromatic N) is 2. The molecule has 1 atom stereocenters. The first-order valence-corrected chi connectivity index (χ1v) is 6.90. The molecule has 1 saturated heterocycles. The molecule has 0 bridgehead atoms. The van der Waals surface area contributed by atoms with Crippen molar-refractivity contribution in [3.8, 4) is 5.75 Å². The largest absolute Gasteiger partial charge is 0.477 e. The van der Waals surface area contributed by atoms with Gasteiger partial charge in [0.05, 0.1) is 4.92 Å². The molecule has 1 aliphatic heterocycles. The zero-order valence-corrected chi connectivity index (χ0v) is 11.9. The predicted molar refractivity (Wildman–Crippen MR) is 77.2 cm³/mol. The van der Waals surface area contributed by atoms with Crippen molar-refractivity contribution in [2.45, 2.75) is 6.42 Å². The van der Waals surface area contributed by atoms with Crippen molar-refractivity contribution in [2.75, 3.05) is 33.3 Å². The Morgan fingerprint density at radius 3 is 3.00 bits per heavy atom. The highest BCUT2D eigenvalue weighted by molar-refractivity contribution is 5.78. The van der Waals surface area contributed by atoms with Crippen molar-refractivity contribution < 1.29 is 14.5 Å². The third-order valence-electron chi connectivity index (χ3n) is 3.54. The van der Waals surface area contributed by atoms with Crippen LogP contribution in [0.5, 0.6) is 5.75 Å². The minimum atomic E-state index is -0.515. The van der Waals surface area contributed by atoms with Crippen molar-refractivity contribution in [3.05, 3.63) is 34.4 Å². The van der Waals surface area contributed by atoms with Crippen molar-refractivity contribution in [1.82, 2.24) is 10.2 Å². The molecule has 114 valence electrons. The molecule has 1 fully saturated rings. The fourth-order valence-electron chi connectivity index (χ4n) is 2.48. The van der Waals surface area contributed by atoms with Crippen LogP contribution in [0.15, 0.2) is 24.3 Å². The van der Waals surface area contributed by atoms with Gasteiger partial charge in [0.1, 0.15) is 0 Å². The Morgan fingerprint density at radius 1 is 1.52 bits per heavy atom. The number of para-hydroxylation sites is 2. The fourth-order valence-corrected chi connectivity index (χ4v) is 2.48. The van der Waals surface area contributed by atoms with Gasteiger partial charge in [-0.15, -0.1) is 0 Å². The van der Waals surface area contributed by atoms with Gasteiger partial charge in [-0.25, -0.2) is 0 Å². The first-order valence-electron chi connectivity index (χ1n) is 6.90. The van der Waals surface area contributed by atoms with Crippen LogP contribution in [-0.2, 0) is 4.79 Å². The summed E-state index contributed by atoms with van der Waals surface area (Å²) in [5, 5.41) is 14.0. The number of likely N-dealkylation sites (tertiary alicyclic amines) is 1. The number of benzene rings is 1. The van der Waals surface area contributed by atoms with Gasteiger partial charge in [-0.2, -0.15) is 0 Å². The summed E-state index contributed by atoms with van der Waals surface area (Å²) >= 11 is 0. The van der Waals surface area contributed by atoms with Crippen LogP contribution in [0.2, 0.25) is 0 Å². The van der Waals surface area contributed by atoms with E-state index in [9.17, 15) is 14.9 Å². The number of nitrogens with one attached hydrogen (secondary N) is 1. The zero-order valence-electron chi connectivity index (χ0n) is 11.9. The maximum absolute atomic E-state index is 12.1. The van der Waals surface area contributed by atoms with E-state index in [0.29, 0.717) is 19.0 Å². The highest BCUT2D eigenvalue weighted by Crippen LogP contribution is 2.26. The minimum Gasteiger partial charge on any atom is -0.477 e. The van der Waals surface area contributed by atoms with Gasteiger partial charge in [-0.05, 0) is 32.0 Å². The van der Waals surface area contributed by atoms with Crippen LogP contribution in [0, 0.1) is 16.0 Å². The molecule has 1 aromatic carbocycles. The first kappa shape index (κ1) is 15.2. The van der Waals surface area contributed by atoms with Crippen LogP contribution in [0.25, 0.3) is 0 Å². The van der Waals surface area contributed by atoms with E-state index in [1.807, 2.05) is 7.05 Å². The molecule has 21 heavy (non-hydrogen) atoms. The standard InChI is InChI=1S/C14H19N3O4/c1-15-8-11-6-7-16(9-11)14(18)10-21-13-5-3-2-4-12(13)17(19)20/h2-5,11,15H,6-10H2,1H3. The summed E-state index contributed by atoms with van der Waals surface area (Å²) in [6.45, 7) is 2.14. The monoisotopic (exact) mass is 293 g/mol. The highest BCUT2D eigenvalue weighted by Gasteiger charge is 2.26. The number of hydrogen-bond donors (Lipinski definition) is 1. The van der Waals surface area contributed by atoms with E-state index in [4.69, 9.17) is 4.74 Å². The number of carbonyl (C=O) groups is 1. The molecule has 7 nitrogen and oxygen atoms in total. The number of hydrogen-bond acceptors (Lipinski definition) is 5. The molecule has 7 heteroatoms. The maximum Gasteiger partial charge on any atom is 0.310 e. The molecule has 1 heterocycles. The van der Waals surface area contributed by atoms with Gasteiger partial charge < -0.3 is 15.0 Å². The molecule has 1 aromatic rings. The Bertz CT molecular complexity index is 521. The lowest BCUT2D eigenvalue weighted by atomic mass is 10.1. The SMILES string of the molecule is CNCC1CCN(C(=O)COc2ccccc2[N+](=O)[O-])C1. The lowest BCUT2D eigenvalue weighted by molar-refractivity contribution is -0.385. The highest BCUT2D eigenvalue weighted by atomic mass is 16.6. The Morgan fingerprint density at radius 2 is 2.29 bits per heavy atom. The molecule has 2 rings (SSSR count). The van der Waals surface area contributed by atoms with E-state index < -0.39 is 4.92 Å². The summed E-state index contributed by atoms with van der Waals surface area (Å²) in [7, 11) is 1.89. The average molecular weight is 293 g/mol. The Hall–Kier alpha value is -2.15. The summed E-state index contributed by atoms with van der Waals surface area (Å²) in [6.07, 6.45) is 0.970. The lowest BCUT2D eigenvalue weighted by Crippen LogP contribution is -2.34. The quantitative estimate of drug-likeness (QED) is 0.626. The van der Waals surface area contributed by atoms with Gasteiger partial charge in [-0.1, -0.05) is 12.1 Å². The summed E-state index contributed by atoms with van der Waals surface area (Å²) in [4.78, 5) is 24.2. The van der Waals surface area contributed by atoms with Gasteiger partial charge in [-0.3, -0.25) is 14.9 Å². The van der Waals surface area contributed by atoms with E-state index in [2.05, 4.69) is 5.32 Å². The molecule has 0 saturated carbocycles. The van der Waals surface area contributed by atoms with Crippen LogP contribution < -0.4 is 10.1 Å². The molecule has 0 radical (unpaired) electrons. The van der Waals surface area contributed by atoms with Gasteiger partial charge in [0.2, 0.25) is 0 Å². The second-order valence-corrected chi connectivity index (χ2v) is 5.07. The van der Waals surface area contributed by atoms with Crippen LogP contribution >= 0.6 is 0 Å². The van der Waals surface area contributed by atoms with Gasteiger partial charge in [0.25, 0.3) is 5.91 Å². The average Bonchev–Trinajstić information content (AvgIpc) is 2.94. The third-order valence-corrected chi connectivity index (χ3v) is 3.54. The van der Waals surface area contributed by atoms with Crippen molar-refractivity contribution in [2.24, 2.45) is 5.92 Å². The fraction of sp³-hybridized carbons (Fsp3) is 0.500. The molecule has 1 amide bonds. The zero-order chi connectivity index (χ0) is 15.2. The Labute approximate surface area is 123 Å². The van der Waals surface area contributed by atoms with E-state index in [1.54, 1.807) is 17.0 Å². The number of amides is 1. The van der Waals surface area contributed by atoms with Gasteiger partial charge in [0, 0.05) is 19.2 Å². The van der Waals surface area contributed by atoms with Gasteiger partial charge >= 0.3 is 5.69 Å². The smallest absolute Gasteiger partial charge is 0.310 e. The molecule has 1 aliphatic rings. The molecular formula is C14H19N3O4. The topological polar surface area (TPSA) is 84.7 Å². The normalized spacial score (nSPS) is 17.8. The summed E-state index contributed by atoms with van der Waals surface area (Å²) in [5.41, 5.74) is -0.125. The van der Waals surface area contributed by atoms with Crippen LogP contribution in [-0.4, -0.2) is 49.0 Å². The number of nitro groups is 1. The third kappa shape index (κ3) is 3.91. The number of nitro benzene ring substituents is 1. The lowest BCUT2D eigenvalue weighted by Gasteiger charge is -2.16. The van der Waals surface area contributed by atoms with E-state index in [1.165, 1.54) is 12.1 Å². The van der Waals surface area contributed by atoms with E-state index in [-0.39, 0.29) is 24.0 Å². The molecule has 0 aliphatic carbocycles. The second kappa shape index (κ2) is 7.03. The molecule has 0 spiro atoms. The van der Waals surface area contributed by atoms with Crippen molar-refractivity contribution >= 4 is 11.6 Å². The van der Waals surface area contributed by atoms with Gasteiger partial charge in [0.15, 0.2) is 12.4 Å². The number of carbonyl (C=O) groups excluding carboxylic acids is 1. The Balaban J connectivity index is 1.89. The Kier molecular flexibility index (Phi) is 5.10. The first-order chi connectivity index (χ1) is 10.1. The van der Waals surface area contributed by atoms with Crippen LogP contribution in [0.1, 0.15) is 6.42 Å². The van der Waals surface area contributed by atoms with Crippen LogP contribution in [0.3, 0.4) is 0 Å². The van der Waals surface area contributed by atoms with E-state index in [0.717, 1.165) is 13.0 Å². The van der Waals surface area contributed by atoms with Crippen molar-refractivity contribution in [3.63, 3.8) is 0 Å². The summed E-state index contributed by atoms with van der Waals surface area (Å²) < 4.78 is 5.32. The van der Waals surface area contributed by atoms with Crippen LogP contribution in [0.4, 0.5) is 5.69 Å². The number of ether oxygens (including phenoxy) is 1. The van der Waals surface area contributed by atoms with Crippen molar-refractivity contribution in [1.29, 1.82) is 0 Å². The van der Waals surface area contributed by atoms with E-state index >= 15 is 0 Å². The number of rotatable bonds is 6. The maximum atomic E-state index is 12.1. The summed E-state index contributed by atoms with van der Waals surface area (Å²) in [6, 6.07) is 6.07. The molecule has 1 N–H and O–H groups in total. The summed E-state index contributed by atoms with van der Waals surface area (Å²) in [5.74, 6) is 0.457. The molecule has 1 unspecified atom stereocenters. The molecular weight excluding hydrogens is 274 g/mol. The molecule has 0 aromatic heterocycles. The predicted octanol–water partition coefficient (Wildman–Crippen LogP) is 1.04. The minimum absolute atomic E-state index is 0.125. The second-order valence-electron chi connectivity index (χ2n) is 5.07.